The summed E-state index contributed by atoms with van der Waals surface area (Å²) in [6, 6.07) is 15.7. The number of carbonyl (C=O) groups excluding carboxylic acids is 1. The van der Waals surface area contributed by atoms with Crippen LogP contribution in [0.1, 0.15) is 47.4 Å². The van der Waals surface area contributed by atoms with Crippen molar-refractivity contribution in [2.45, 2.75) is 36.6 Å². The molecule has 1 heterocycles. The van der Waals surface area contributed by atoms with E-state index in [4.69, 9.17) is 21.4 Å². The number of thioether (sulfide) groups is 1. The molecule has 0 unspecified atom stereocenters. The number of benzene rings is 3. The number of ether oxygens (including phenoxy) is 1. The number of carbonyl (C=O) groups is 2. The summed E-state index contributed by atoms with van der Waals surface area (Å²) < 4.78 is 36.1. The molecule has 0 bridgehead atoms. The highest BCUT2D eigenvalue weighted by Gasteiger charge is 2.30. The van der Waals surface area contributed by atoms with Gasteiger partial charge in [0, 0.05) is 29.0 Å². The quantitative estimate of drug-likeness (QED) is 0.188. The molecule has 3 aromatic carbocycles. The summed E-state index contributed by atoms with van der Waals surface area (Å²) in [5, 5.41) is 12.2. The normalized spacial score (nSPS) is 11.4. The molecule has 0 fully saturated rings. The minimum atomic E-state index is -1.04. The topological polar surface area (TPSA) is 93.4 Å². The number of amides is 1. The molecule has 0 saturated carbocycles. The summed E-state index contributed by atoms with van der Waals surface area (Å²) in [7, 11) is 1.55. The first-order valence-electron chi connectivity index (χ1n) is 12.6. The molecule has 2 N–H and O–H groups in total. The van der Waals surface area contributed by atoms with E-state index in [9.17, 15) is 18.4 Å². The van der Waals surface area contributed by atoms with Gasteiger partial charge in [0.1, 0.15) is 17.4 Å². The van der Waals surface area contributed by atoms with Crippen LogP contribution in [0, 0.1) is 11.6 Å². The maximum Gasteiger partial charge on any atom is 0.305 e. The van der Waals surface area contributed by atoms with Gasteiger partial charge in [0.2, 0.25) is 0 Å². The first-order chi connectivity index (χ1) is 19.5. The smallest absolute Gasteiger partial charge is 0.305 e. The van der Waals surface area contributed by atoms with E-state index in [1.54, 1.807) is 31.5 Å². The predicted molar refractivity (Wildman–Crippen MR) is 154 cm³/mol. The molecule has 4 aromatic rings. The fourth-order valence-electron chi connectivity index (χ4n) is 4.25. The predicted octanol–water partition coefficient (Wildman–Crippen LogP) is 6.64. The van der Waals surface area contributed by atoms with Crippen molar-refractivity contribution < 1.29 is 28.2 Å². The second-order valence-corrected chi connectivity index (χ2v) is 11.1. The number of hydrogen-bond donors (Lipinski definition) is 2. The Morgan fingerprint density at radius 3 is 2.49 bits per heavy atom. The highest BCUT2D eigenvalue weighted by atomic mass is 35.5. The second kappa shape index (κ2) is 12.7. The Balaban J connectivity index is 1.63. The summed E-state index contributed by atoms with van der Waals surface area (Å²) >= 11 is 7.55. The van der Waals surface area contributed by atoms with Gasteiger partial charge in [-0.25, -0.2) is 13.8 Å². The lowest BCUT2D eigenvalue weighted by Gasteiger charge is -2.28. The molecule has 7 nitrogen and oxygen atoms in total. The zero-order valence-electron chi connectivity index (χ0n) is 22.6. The minimum absolute atomic E-state index is 0.0546. The number of aromatic nitrogens is 2. The molecule has 0 aliphatic rings. The third-order valence-corrected chi connectivity index (χ3v) is 7.94. The van der Waals surface area contributed by atoms with Crippen molar-refractivity contribution in [2.24, 2.45) is 0 Å². The molecule has 1 amide bonds. The molecule has 41 heavy (non-hydrogen) atoms. The van der Waals surface area contributed by atoms with E-state index in [1.165, 1.54) is 36.0 Å². The maximum atomic E-state index is 15.0. The number of nitrogens with one attached hydrogen (secondary N) is 1. The highest BCUT2D eigenvalue weighted by molar-refractivity contribution is 7.98. The minimum Gasteiger partial charge on any atom is -0.495 e. The molecular formula is C30H28ClF2N3O4S. The molecule has 0 atom stereocenters. The van der Waals surface area contributed by atoms with Gasteiger partial charge in [0.25, 0.3) is 5.91 Å². The summed E-state index contributed by atoms with van der Waals surface area (Å²) in [6.07, 6.45) is 1.52. The number of halogens is 3. The fourth-order valence-corrected chi connectivity index (χ4v) is 5.42. The molecule has 0 aliphatic heterocycles. The molecule has 1 aromatic heterocycles. The lowest BCUT2D eigenvalue weighted by molar-refractivity contribution is -0.136. The van der Waals surface area contributed by atoms with Crippen LogP contribution in [-0.2, 0) is 16.0 Å². The Morgan fingerprint density at radius 1 is 1.10 bits per heavy atom. The number of methoxy groups -OCH3 is 1. The number of hydrogen-bond acceptors (Lipinski definition) is 5. The van der Waals surface area contributed by atoms with Gasteiger partial charge >= 0.3 is 5.97 Å². The Labute approximate surface area is 245 Å². The lowest BCUT2D eigenvalue weighted by atomic mass is 9.81. The average molecular weight is 600 g/mol. The van der Waals surface area contributed by atoms with Crippen LogP contribution in [0.3, 0.4) is 0 Å². The summed E-state index contributed by atoms with van der Waals surface area (Å²) in [5.41, 5.74) is 2.28. The van der Waals surface area contributed by atoms with E-state index in [0.29, 0.717) is 27.2 Å². The van der Waals surface area contributed by atoms with Crippen LogP contribution in [0.5, 0.6) is 5.75 Å². The SMILES string of the molecule is COc1cc(C(C)(C)c2cnc(SCc3ccc(C(=O)NCCC(=O)O)cc3F)n2-c2ccc(F)cc2)ccc1Cl. The first kappa shape index (κ1) is 30.1. The monoisotopic (exact) mass is 599 g/mol. The van der Waals surface area contributed by atoms with Crippen LogP contribution in [-0.4, -0.2) is 40.2 Å². The molecule has 214 valence electrons. The Hall–Kier alpha value is -3.89. The van der Waals surface area contributed by atoms with Crippen molar-refractivity contribution in [3.8, 4) is 11.4 Å². The van der Waals surface area contributed by atoms with Crippen LogP contribution in [0.15, 0.2) is 72.0 Å². The molecule has 0 saturated heterocycles. The van der Waals surface area contributed by atoms with E-state index in [2.05, 4.69) is 10.3 Å². The van der Waals surface area contributed by atoms with Gasteiger partial charge in [-0.3, -0.25) is 14.2 Å². The van der Waals surface area contributed by atoms with Gasteiger partial charge in [-0.05, 0) is 59.7 Å². The number of rotatable bonds is 11. The summed E-state index contributed by atoms with van der Waals surface area (Å²) in [5.74, 6) is -1.80. The number of imidazole rings is 1. The van der Waals surface area contributed by atoms with Crippen molar-refractivity contribution in [2.75, 3.05) is 13.7 Å². The van der Waals surface area contributed by atoms with Crippen LogP contribution in [0.4, 0.5) is 8.78 Å². The van der Waals surface area contributed by atoms with Gasteiger partial charge in [0.15, 0.2) is 5.16 Å². The number of nitrogens with zero attached hydrogens (tertiary/aromatic N) is 2. The van der Waals surface area contributed by atoms with Crippen molar-refractivity contribution in [3.63, 3.8) is 0 Å². The second-order valence-electron chi connectivity index (χ2n) is 9.71. The maximum absolute atomic E-state index is 15.0. The third-order valence-electron chi connectivity index (χ3n) is 6.62. The van der Waals surface area contributed by atoms with E-state index in [1.807, 2.05) is 30.5 Å². The Morgan fingerprint density at radius 2 is 1.83 bits per heavy atom. The molecule has 0 radical (unpaired) electrons. The Kier molecular flexibility index (Phi) is 9.35. The van der Waals surface area contributed by atoms with Gasteiger partial charge in [-0.1, -0.05) is 49.3 Å². The van der Waals surface area contributed by atoms with Crippen LogP contribution in [0.25, 0.3) is 5.69 Å². The Bertz CT molecular complexity index is 1570. The van der Waals surface area contributed by atoms with Crippen molar-refractivity contribution in [3.05, 3.63) is 106 Å². The van der Waals surface area contributed by atoms with Crippen molar-refractivity contribution in [1.82, 2.24) is 14.9 Å². The van der Waals surface area contributed by atoms with Gasteiger partial charge in [-0.2, -0.15) is 0 Å². The summed E-state index contributed by atoms with van der Waals surface area (Å²) in [4.78, 5) is 27.5. The van der Waals surface area contributed by atoms with E-state index in [-0.39, 0.29) is 30.1 Å². The number of carboxylic acids is 1. The molecule has 0 spiro atoms. The molecule has 0 aliphatic carbocycles. The number of carboxylic acid groups (broad SMARTS) is 1. The van der Waals surface area contributed by atoms with E-state index < -0.39 is 23.1 Å². The molecular weight excluding hydrogens is 572 g/mol. The van der Waals surface area contributed by atoms with Crippen molar-refractivity contribution >= 4 is 35.2 Å². The van der Waals surface area contributed by atoms with Gasteiger partial charge in [0.05, 0.1) is 30.4 Å². The fraction of sp³-hybridized carbons (Fsp3) is 0.233. The summed E-state index contributed by atoms with van der Waals surface area (Å²) in [6.45, 7) is 4.00. The van der Waals surface area contributed by atoms with Gasteiger partial charge < -0.3 is 15.2 Å². The standard InChI is InChI=1S/C30H28ClF2N3O4S/c1-30(2,20-6-11-23(31)25(15-20)40-3)26-16-35-29(36(26)22-9-7-21(32)8-10-22)41-17-19-5-4-18(14-24(19)33)28(39)34-13-12-27(37)38/h4-11,14-16H,12-13,17H2,1-3H3,(H,34,39)(H,37,38). The van der Waals surface area contributed by atoms with E-state index in [0.717, 1.165) is 17.3 Å². The van der Waals surface area contributed by atoms with E-state index >= 15 is 0 Å². The largest absolute Gasteiger partial charge is 0.495 e. The molecule has 11 heteroatoms. The van der Waals surface area contributed by atoms with Crippen LogP contribution in [0.2, 0.25) is 5.02 Å². The van der Waals surface area contributed by atoms with Crippen molar-refractivity contribution in [1.29, 1.82) is 0 Å². The molecule has 4 rings (SSSR count). The highest BCUT2D eigenvalue weighted by Crippen LogP contribution is 2.39. The van der Waals surface area contributed by atoms with Gasteiger partial charge in [-0.15, -0.1) is 0 Å². The first-order valence-corrected chi connectivity index (χ1v) is 14.0. The average Bonchev–Trinajstić information content (AvgIpc) is 3.37. The van der Waals surface area contributed by atoms with Crippen LogP contribution < -0.4 is 10.1 Å². The zero-order valence-corrected chi connectivity index (χ0v) is 24.2. The van der Waals surface area contributed by atoms with Crippen LogP contribution >= 0.6 is 23.4 Å². The zero-order chi connectivity index (χ0) is 29.7. The third kappa shape index (κ3) is 6.89. The number of aliphatic carboxylic acids is 1. The lowest BCUT2D eigenvalue weighted by Crippen LogP contribution is -2.26.